The summed E-state index contributed by atoms with van der Waals surface area (Å²) >= 11 is 0. The van der Waals surface area contributed by atoms with Crippen LogP contribution in [-0.4, -0.2) is 49.6 Å². The molecule has 114 valence electrons. The Balaban J connectivity index is 1.43. The highest BCUT2D eigenvalue weighted by atomic mass is 16.2. The predicted octanol–water partition coefficient (Wildman–Crippen LogP) is 1.87. The summed E-state index contributed by atoms with van der Waals surface area (Å²) in [5, 5.41) is 3.46. The molecule has 3 rings (SSSR count). The molecule has 0 aromatic heterocycles. The minimum atomic E-state index is 0.330. The van der Waals surface area contributed by atoms with Gasteiger partial charge in [0.2, 0.25) is 5.91 Å². The lowest BCUT2D eigenvalue weighted by Crippen LogP contribution is -2.49. The predicted molar refractivity (Wildman–Crippen MR) is 85.5 cm³/mol. The molecule has 1 aromatic rings. The number of piperazine rings is 1. The van der Waals surface area contributed by atoms with Gasteiger partial charge in [-0.15, -0.1) is 0 Å². The van der Waals surface area contributed by atoms with Gasteiger partial charge in [-0.3, -0.25) is 4.79 Å². The van der Waals surface area contributed by atoms with E-state index in [0.717, 1.165) is 39.1 Å². The standard InChI is InChI=1S/C17H25N3O/c21-17(9-8-15-5-4-10-18-15)20-13-11-19(12-14-20)16-6-2-1-3-7-16/h1-3,6-7,15,18H,4-5,8-14H2. The number of hydrogen-bond donors (Lipinski definition) is 1. The molecule has 2 aliphatic rings. The van der Waals surface area contributed by atoms with Crippen molar-refractivity contribution in [2.45, 2.75) is 31.7 Å². The Kier molecular flexibility index (Phi) is 4.76. The minimum Gasteiger partial charge on any atom is -0.368 e. The zero-order valence-electron chi connectivity index (χ0n) is 12.6. The number of carbonyl (C=O) groups is 1. The summed E-state index contributed by atoms with van der Waals surface area (Å²) in [5.74, 6) is 0.330. The topological polar surface area (TPSA) is 35.6 Å². The van der Waals surface area contributed by atoms with Gasteiger partial charge >= 0.3 is 0 Å². The fourth-order valence-corrected chi connectivity index (χ4v) is 3.31. The van der Waals surface area contributed by atoms with E-state index < -0.39 is 0 Å². The van der Waals surface area contributed by atoms with Crippen LogP contribution in [0.15, 0.2) is 30.3 Å². The van der Waals surface area contributed by atoms with Crippen molar-refractivity contribution in [1.82, 2.24) is 10.2 Å². The zero-order chi connectivity index (χ0) is 14.5. The number of para-hydroxylation sites is 1. The molecule has 2 fully saturated rings. The van der Waals surface area contributed by atoms with Gasteiger partial charge in [0.1, 0.15) is 0 Å². The molecule has 0 aliphatic carbocycles. The molecule has 1 atom stereocenters. The van der Waals surface area contributed by atoms with Crippen LogP contribution >= 0.6 is 0 Å². The molecule has 1 amide bonds. The van der Waals surface area contributed by atoms with E-state index in [1.165, 1.54) is 18.5 Å². The molecule has 4 heteroatoms. The van der Waals surface area contributed by atoms with Crippen molar-refractivity contribution < 1.29 is 4.79 Å². The molecular formula is C17H25N3O. The van der Waals surface area contributed by atoms with Crippen LogP contribution < -0.4 is 10.2 Å². The van der Waals surface area contributed by atoms with E-state index in [1.807, 2.05) is 11.0 Å². The first kappa shape index (κ1) is 14.4. The normalized spacial score (nSPS) is 22.6. The van der Waals surface area contributed by atoms with Gasteiger partial charge in [0.05, 0.1) is 0 Å². The highest BCUT2D eigenvalue weighted by Gasteiger charge is 2.22. The Hall–Kier alpha value is -1.55. The molecule has 4 nitrogen and oxygen atoms in total. The van der Waals surface area contributed by atoms with Crippen LogP contribution in [0, 0.1) is 0 Å². The number of benzene rings is 1. The summed E-state index contributed by atoms with van der Waals surface area (Å²) in [6.07, 6.45) is 4.18. The summed E-state index contributed by atoms with van der Waals surface area (Å²) in [6.45, 7) is 4.71. The summed E-state index contributed by atoms with van der Waals surface area (Å²) in [6, 6.07) is 11.0. The second-order valence-corrected chi connectivity index (χ2v) is 6.04. The quantitative estimate of drug-likeness (QED) is 0.918. The van der Waals surface area contributed by atoms with Crippen LogP contribution in [0.5, 0.6) is 0 Å². The van der Waals surface area contributed by atoms with Crippen LogP contribution in [0.2, 0.25) is 0 Å². The van der Waals surface area contributed by atoms with Gasteiger partial charge in [-0.2, -0.15) is 0 Å². The first-order valence-corrected chi connectivity index (χ1v) is 8.14. The van der Waals surface area contributed by atoms with Gasteiger partial charge in [0, 0.05) is 44.3 Å². The molecule has 0 spiro atoms. The van der Waals surface area contributed by atoms with E-state index in [-0.39, 0.29) is 0 Å². The fraction of sp³-hybridized carbons (Fsp3) is 0.588. The number of nitrogens with one attached hydrogen (secondary N) is 1. The summed E-state index contributed by atoms with van der Waals surface area (Å²) in [5.41, 5.74) is 1.26. The molecule has 1 unspecified atom stereocenters. The monoisotopic (exact) mass is 287 g/mol. The number of hydrogen-bond acceptors (Lipinski definition) is 3. The Morgan fingerprint density at radius 1 is 1.14 bits per heavy atom. The summed E-state index contributed by atoms with van der Waals surface area (Å²) in [4.78, 5) is 16.7. The van der Waals surface area contributed by atoms with Crippen molar-refractivity contribution in [3.63, 3.8) is 0 Å². The lowest BCUT2D eigenvalue weighted by atomic mass is 10.1. The summed E-state index contributed by atoms with van der Waals surface area (Å²) in [7, 11) is 0. The highest BCUT2D eigenvalue weighted by Crippen LogP contribution is 2.17. The maximum absolute atomic E-state index is 12.3. The van der Waals surface area contributed by atoms with Crippen molar-refractivity contribution in [1.29, 1.82) is 0 Å². The second-order valence-electron chi connectivity index (χ2n) is 6.04. The Morgan fingerprint density at radius 2 is 1.90 bits per heavy atom. The maximum atomic E-state index is 12.3. The van der Waals surface area contributed by atoms with Crippen LogP contribution in [0.4, 0.5) is 5.69 Å². The number of carbonyl (C=O) groups excluding carboxylic acids is 1. The molecule has 2 aliphatic heterocycles. The van der Waals surface area contributed by atoms with Gasteiger partial charge in [0.15, 0.2) is 0 Å². The SMILES string of the molecule is O=C(CCC1CCCN1)N1CCN(c2ccccc2)CC1. The molecule has 2 saturated heterocycles. The zero-order valence-corrected chi connectivity index (χ0v) is 12.6. The molecule has 0 bridgehead atoms. The first-order chi connectivity index (χ1) is 10.3. The molecule has 21 heavy (non-hydrogen) atoms. The Bertz CT molecular complexity index is 448. The minimum absolute atomic E-state index is 0.330. The van der Waals surface area contributed by atoms with Gasteiger partial charge in [-0.05, 0) is 37.9 Å². The van der Waals surface area contributed by atoms with Crippen molar-refractivity contribution in [3.8, 4) is 0 Å². The smallest absolute Gasteiger partial charge is 0.222 e. The van der Waals surface area contributed by atoms with E-state index in [4.69, 9.17) is 0 Å². The number of anilines is 1. The molecule has 1 N–H and O–H groups in total. The van der Waals surface area contributed by atoms with E-state index in [1.54, 1.807) is 0 Å². The third kappa shape index (κ3) is 3.76. The first-order valence-electron chi connectivity index (χ1n) is 8.14. The lowest BCUT2D eigenvalue weighted by molar-refractivity contribution is -0.131. The number of rotatable bonds is 4. The summed E-state index contributed by atoms with van der Waals surface area (Å²) < 4.78 is 0. The maximum Gasteiger partial charge on any atom is 0.222 e. The number of nitrogens with zero attached hydrogens (tertiary/aromatic N) is 2. The van der Waals surface area contributed by atoms with E-state index in [0.29, 0.717) is 18.4 Å². The van der Waals surface area contributed by atoms with E-state index >= 15 is 0 Å². The largest absolute Gasteiger partial charge is 0.368 e. The molecule has 0 radical (unpaired) electrons. The molecule has 1 aromatic carbocycles. The third-order valence-electron chi connectivity index (χ3n) is 4.62. The highest BCUT2D eigenvalue weighted by molar-refractivity contribution is 5.76. The molecular weight excluding hydrogens is 262 g/mol. The van der Waals surface area contributed by atoms with Crippen molar-refractivity contribution in [3.05, 3.63) is 30.3 Å². The van der Waals surface area contributed by atoms with Crippen molar-refractivity contribution >= 4 is 11.6 Å². The lowest BCUT2D eigenvalue weighted by Gasteiger charge is -2.36. The molecule has 2 heterocycles. The third-order valence-corrected chi connectivity index (χ3v) is 4.62. The van der Waals surface area contributed by atoms with Crippen LogP contribution in [-0.2, 0) is 4.79 Å². The average Bonchev–Trinajstić information content (AvgIpc) is 3.07. The Morgan fingerprint density at radius 3 is 2.57 bits per heavy atom. The van der Waals surface area contributed by atoms with Crippen molar-refractivity contribution in [2.24, 2.45) is 0 Å². The van der Waals surface area contributed by atoms with E-state index in [2.05, 4.69) is 34.5 Å². The van der Waals surface area contributed by atoms with Gasteiger partial charge in [0.25, 0.3) is 0 Å². The number of amides is 1. The van der Waals surface area contributed by atoms with Crippen LogP contribution in [0.1, 0.15) is 25.7 Å². The Labute approximate surface area is 127 Å². The fourth-order valence-electron chi connectivity index (χ4n) is 3.31. The average molecular weight is 287 g/mol. The van der Waals surface area contributed by atoms with E-state index in [9.17, 15) is 4.79 Å². The second kappa shape index (κ2) is 6.94. The van der Waals surface area contributed by atoms with Crippen molar-refractivity contribution in [2.75, 3.05) is 37.6 Å². The van der Waals surface area contributed by atoms with Gasteiger partial charge < -0.3 is 15.1 Å². The van der Waals surface area contributed by atoms with Gasteiger partial charge in [-0.25, -0.2) is 0 Å². The van der Waals surface area contributed by atoms with Crippen LogP contribution in [0.25, 0.3) is 0 Å². The molecule has 0 saturated carbocycles. The van der Waals surface area contributed by atoms with Crippen LogP contribution in [0.3, 0.4) is 0 Å². The van der Waals surface area contributed by atoms with Gasteiger partial charge in [-0.1, -0.05) is 18.2 Å².